The highest BCUT2D eigenvalue weighted by Gasteiger charge is 2.26. The molecule has 0 aliphatic heterocycles. The minimum absolute atomic E-state index is 0.0355. The van der Waals surface area contributed by atoms with E-state index in [0.717, 1.165) is 24.8 Å². The molecule has 0 aromatic carbocycles. The molecule has 0 spiro atoms. The number of nitrogens with one attached hydrogen (secondary N) is 1. The summed E-state index contributed by atoms with van der Waals surface area (Å²) in [5, 5.41) is 13.6. The molecule has 4 atom stereocenters. The van der Waals surface area contributed by atoms with E-state index < -0.39 is 0 Å². The molecule has 4 unspecified atom stereocenters. The van der Waals surface area contributed by atoms with Gasteiger partial charge in [-0.1, -0.05) is 33.1 Å². The maximum Gasteiger partial charge on any atom is 0.0580 e. The van der Waals surface area contributed by atoms with E-state index in [-0.39, 0.29) is 6.10 Å². The second-order valence-corrected chi connectivity index (χ2v) is 6.88. The quantitative estimate of drug-likeness (QED) is 0.753. The maximum atomic E-state index is 9.85. The Balaban J connectivity index is 1.70. The molecule has 2 aliphatic carbocycles. The van der Waals surface area contributed by atoms with Gasteiger partial charge < -0.3 is 10.4 Å². The first-order valence-electron chi connectivity index (χ1n) is 8.08. The normalized spacial score (nSPS) is 38.0. The van der Waals surface area contributed by atoms with Gasteiger partial charge >= 0.3 is 0 Å². The molecule has 2 N–H and O–H groups in total. The first-order valence-corrected chi connectivity index (χ1v) is 8.08. The van der Waals surface area contributed by atoms with E-state index in [1.807, 2.05) is 0 Å². The second kappa shape index (κ2) is 6.91. The van der Waals surface area contributed by atoms with Crippen LogP contribution in [0.25, 0.3) is 0 Å². The monoisotopic (exact) mass is 253 g/mol. The molecule has 0 saturated heterocycles. The Morgan fingerprint density at radius 3 is 2.44 bits per heavy atom. The fourth-order valence-electron chi connectivity index (χ4n) is 3.77. The van der Waals surface area contributed by atoms with E-state index in [9.17, 15) is 5.11 Å². The summed E-state index contributed by atoms with van der Waals surface area (Å²) in [6.07, 6.45) is 10.3. The van der Waals surface area contributed by atoms with E-state index in [1.54, 1.807) is 0 Å². The Labute approximate surface area is 113 Å². The van der Waals surface area contributed by atoms with Crippen molar-refractivity contribution in [1.29, 1.82) is 0 Å². The van der Waals surface area contributed by atoms with Crippen LogP contribution >= 0.6 is 0 Å². The zero-order valence-corrected chi connectivity index (χ0v) is 12.2. The maximum absolute atomic E-state index is 9.85. The Kier molecular flexibility index (Phi) is 5.50. The average molecular weight is 253 g/mol. The van der Waals surface area contributed by atoms with Gasteiger partial charge in [-0.3, -0.25) is 0 Å². The number of hydrogen-bond acceptors (Lipinski definition) is 2. The van der Waals surface area contributed by atoms with Crippen molar-refractivity contribution in [2.45, 2.75) is 77.4 Å². The highest BCUT2D eigenvalue weighted by molar-refractivity contribution is 4.82. The number of rotatable bonds is 4. The molecule has 0 aromatic rings. The van der Waals surface area contributed by atoms with Crippen molar-refractivity contribution in [3.63, 3.8) is 0 Å². The molecule has 2 rings (SSSR count). The Morgan fingerprint density at radius 1 is 1.00 bits per heavy atom. The number of aliphatic hydroxyl groups excluding tert-OH is 1. The molecule has 2 aliphatic rings. The van der Waals surface area contributed by atoms with Crippen LogP contribution in [0.4, 0.5) is 0 Å². The molecule has 2 heteroatoms. The topological polar surface area (TPSA) is 32.3 Å². The molecule has 2 saturated carbocycles. The lowest BCUT2D eigenvalue weighted by Crippen LogP contribution is -2.35. The van der Waals surface area contributed by atoms with Gasteiger partial charge in [0.05, 0.1) is 6.10 Å². The summed E-state index contributed by atoms with van der Waals surface area (Å²) in [5.41, 5.74) is 0. The van der Waals surface area contributed by atoms with Gasteiger partial charge in [0.25, 0.3) is 0 Å². The second-order valence-electron chi connectivity index (χ2n) is 6.88. The van der Waals surface area contributed by atoms with Crippen LogP contribution in [0.15, 0.2) is 0 Å². The minimum Gasteiger partial charge on any atom is -0.393 e. The summed E-state index contributed by atoms with van der Waals surface area (Å²) in [6, 6.07) is 0.710. The molecule has 0 bridgehead atoms. The molecule has 0 amide bonds. The molecule has 106 valence electrons. The highest BCUT2D eigenvalue weighted by atomic mass is 16.3. The van der Waals surface area contributed by atoms with Crippen LogP contribution in [0, 0.1) is 17.8 Å². The molecular formula is C16H31NO. The molecule has 2 fully saturated rings. The molecule has 18 heavy (non-hydrogen) atoms. The van der Waals surface area contributed by atoms with Crippen molar-refractivity contribution in [3.8, 4) is 0 Å². The van der Waals surface area contributed by atoms with Gasteiger partial charge in [0, 0.05) is 12.6 Å². The van der Waals surface area contributed by atoms with Crippen LogP contribution < -0.4 is 5.32 Å². The van der Waals surface area contributed by atoms with E-state index in [2.05, 4.69) is 19.2 Å². The fourth-order valence-corrected chi connectivity index (χ4v) is 3.77. The van der Waals surface area contributed by atoms with Gasteiger partial charge in [-0.25, -0.2) is 0 Å². The summed E-state index contributed by atoms with van der Waals surface area (Å²) >= 11 is 0. The first kappa shape index (κ1) is 14.3. The highest BCUT2D eigenvalue weighted by Crippen LogP contribution is 2.29. The predicted molar refractivity (Wildman–Crippen MR) is 76.6 cm³/mol. The van der Waals surface area contributed by atoms with Gasteiger partial charge in [0.15, 0.2) is 0 Å². The standard InChI is InChI=1S/C16H31NO/c1-12(2)13-5-3-7-15(10-9-13)17-11-14-6-4-8-16(14)18/h12-18H,3-11H2,1-2H3. The van der Waals surface area contributed by atoms with Crippen molar-refractivity contribution < 1.29 is 5.11 Å². The molecule has 2 nitrogen and oxygen atoms in total. The third-order valence-electron chi connectivity index (χ3n) is 5.24. The molecule has 0 heterocycles. The summed E-state index contributed by atoms with van der Waals surface area (Å²) in [6.45, 7) is 5.78. The zero-order valence-electron chi connectivity index (χ0n) is 12.2. The van der Waals surface area contributed by atoms with E-state index in [1.165, 1.54) is 44.9 Å². The third-order valence-corrected chi connectivity index (χ3v) is 5.24. The van der Waals surface area contributed by atoms with Crippen molar-refractivity contribution >= 4 is 0 Å². The lowest BCUT2D eigenvalue weighted by Gasteiger charge is -2.22. The average Bonchev–Trinajstić information content (AvgIpc) is 2.62. The van der Waals surface area contributed by atoms with E-state index in [0.29, 0.717) is 12.0 Å². The van der Waals surface area contributed by atoms with Crippen LogP contribution in [-0.4, -0.2) is 23.8 Å². The van der Waals surface area contributed by atoms with Crippen molar-refractivity contribution in [1.82, 2.24) is 5.32 Å². The van der Waals surface area contributed by atoms with Crippen molar-refractivity contribution in [2.75, 3.05) is 6.54 Å². The Bertz CT molecular complexity index is 241. The lowest BCUT2D eigenvalue weighted by atomic mass is 9.89. The SMILES string of the molecule is CC(C)C1CCCC(NCC2CCCC2O)CC1. The Morgan fingerprint density at radius 2 is 1.78 bits per heavy atom. The van der Waals surface area contributed by atoms with Gasteiger partial charge in [0.1, 0.15) is 0 Å². The zero-order chi connectivity index (χ0) is 13.0. The summed E-state index contributed by atoms with van der Waals surface area (Å²) in [7, 11) is 0. The summed E-state index contributed by atoms with van der Waals surface area (Å²) < 4.78 is 0. The van der Waals surface area contributed by atoms with Crippen LogP contribution in [0.5, 0.6) is 0 Å². The van der Waals surface area contributed by atoms with Gasteiger partial charge in [-0.2, -0.15) is 0 Å². The summed E-state index contributed by atoms with van der Waals surface area (Å²) in [4.78, 5) is 0. The van der Waals surface area contributed by atoms with E-state index >= 15 is 0 Å². The van der Waals surface area contributed by atoms with Crippen molar-refractivity contribution in [3.05, 3.63) is 0 Å². The Hall–Kier alpha value is -0.0800. The molecule has 0 radical (unpaired) electrons. The van der Waals surface area contributed by atoms with Crippen LogP contribution in [-0.2, 0) is 0 Å². The largest absolute Gasteiger partial charge is 0.393 e. The predicted octanol–water partition coefficient (Wildman–Crippen LogP) is 3.34. The van der Waals surface area contributed by atoms with Gasteiger partial charge in [-0.15, -0.1) is 0 Å². The molecule has 0 aromatic heterocycles. The number of hydrogen-bond donors (Lipinski definition) is 2. The lowest BCUT2D eigenvalue weighted by molar-refractivity contribution is 0.129. The minimum atomic E-state index is -0.0355. The van der Waals surface area contributed by atoms with Crippen LogP contribution in [0.3, 0.4) is 0 Å². The summed E-state index contributed by atoms with van der Waals surface area (Å²) in [5.74, 6) is 2.31. The van der Waals surface area contributed by atoms with Crippen molar-refractivity contribution in [2.24, 2.45) is 17.8 Å². The van der Waals surface area contributed by atoms with Crippen LogP contribution in [0.1, 0.15) is 65.2 Å². The first-order chi connectivity index (χ1) is 8.66. The van der Waals surface area contributed by atoms with Crippen LogP contribution in [0.2, 0.25) is 0 Å². The fraction of sp³-hybridized carbons (Fsp3) is 1.00. The number of aliphatic hydroxyl groups is 1. The third kappa shape index (κ3) is 3.96. The van der Waals surface area contributed by atoms with E-state index in [4.69, 9.17) is 0 Å². The van der Waals surface area contributed by atoms with Gasteiger partial charge in [-0.05, 0) is 49.9 Å². The van der Waals surface area contributed by atoms with Gasteiger partial charge in [0.2, 0.25) is 0 Å². The molecular weight excluding hydrogens is 222 g/mol. The smallest absolute Gasteiger partial charge is 0.0580 e.